The Morgan fingerprint density at radius 1 is 1.48 bits per heavy atom. The van der Waals surface area contributed by atoms with Crippen LogP contribution in [0.3, 0.4) is 0 Å². The highest BCUT2D eigenvalue weighted by Gasteiger charge is 2.30. The number of aromatic nitrogens is 3. The highest BCUT2D eigenvalue weighted by Crippen LogP contribution is 2.40. The molecule has 0 saturated heterocycles. The first-order valence-corrected chi connectivity index (χ1v) is 9.15. The van der Waals surface area contributed by atoms with Gasteiger partial charge in [-0.1, -0.05) is 23.4 Å². The second-order valence-corrected chi connectivity index (χ2v) is 6.97. The van der Waals surface area contributed by atoms with Crippen LogP contribution in [0, 0.1) is 10.1 Å². The minimum absolute atomic E-state index is 0.124. The molecule has 1 heterocycles. The van der Waals surface area contributed by atoms with Crippen LogP contribution in [0.25, 0.3) is 0 Å². The minimum Gasteiger partial charge on any atom is -0.324 e. The molecule has 3 rings (SSSR count). The van der Waals surface area contributed by atoms with E-state index in [1.807, 2.05) is 11.5 Å². The van der Waals surface area contributed by atoms with Gasteiger partial charge in [0.2, 0.25) is 5.91 Å². The topological polar surface area (TPSA) is 103 Å². The lowest BCUT2D eigenvalue weighted by molar-refractivity contribution is -0.384. The van der Waals surface area contributed by atoms with E-state index in [4.69, 9.17) is 11.6 Å². The lowest BCUT2D eigenvalue weighted by Gasteiger charge is -2.08. The number of hydrogen-bond acceptors (Lipinski definition) is 6. The van der Waals surface area contributed by atoms with Gasteiger partial charge in [-0.05, 0) is 25.8 Å². The van der Waals surface area contributed by atoms with Crippen molar-refractivity contribution in [1.82, 2.24) is 14.8 Å². The SMILES string of the molecule is CCn1c(SCC(=O)Nc2ccc([N+](=O)[O-])cc2Cl)nnc1C1CC1. The molecule has 0 spiro atoms. The maximum atomic E-state index is 12.1. The summed E-state index contributed by atoms with van der Waals surface area (Å²) in [5, 5.41) is 22.6. The number of thioether (sulfide) groups is 1. The van der Waals surface area contributed by atoms with Gasteiger partial charge >= 0.3 is 0 Å². The Bertz CT molecular complexity index is 821. The zero-order valence-corrected chi connectivity index (χ0v) is 15.0. The Morgan fingerprint density at radius 2 is 2.24 bits per heavy atom. The molecule has 1 aliphatic rings. The van der Waals surface area contributed by atoms with Crippen LogP contribution in [0.1, 0.15) is 31.5 Å². The summed E-state index contributed by atoms with van der Waals surface area (Å²) in [5.41, 5.74) is 0.217. The molecule has 1 aromatic carbocycles. The van der Waals surface area contributed by atoms with Crippen LogP contribution in [0.5, 0.6) is 0 Å². The van der Waals surface area contributed by atoms with E-state index in [0.29, 0.717) is 16.8 Å². The minimum atomic E-state index is -0.539. The Hall–Kier alpha value is -2.13. The zero-order valence-electron chi connectivity index (χ0n) is 13.4. The largest absolute Gasteiger partial charge is 0.324 e. The van der Waals surface area contributed by atoms with Gasteiger partial charge in [-0.15, -0.1) is 10.2 Å². The molecule has 0 bridgehead atoms. The van der Waals surface area contributed by atoms with Gasteiger partial charge in [-0.3, -0.25) is 14.9 Å². The van der Waals surface area contributed by atoms with E-state index < -0.39 is 4.92 Å². The van der Waals surface area contributed by atoms with Crippen LogP contribution < -0.4 is 5.32 Å². The summed E-state index contributed by atoms with van der Waals surface area (Å²) in [6.07, 6.45) is 2.28. The van der Waals surface area contributed by atoms with Gasteiger partial charge in [0.15, 0.2) is 5.16 Å². The number of nitrogens with zero attached hydrogens (tertiary/aromatic N) is 4. The summed E-state index contributed by atoms with van der Waals surface area (Å²) in [6, 6.07) is 3.92. The van der Waals surface area contributed by atoms with Crippen LogP contribution in [0.4, 0.5) is 11.4 Å². The Kier molecular flexibility index (Phi) is 5.24. The molecule has 8 nitrogen and oxygen atoms in total. The second kappa shape index (κ2) is 7.40. The van der Waals surface area contributed by atoms with E-state index in [1.54, 1.807) is 0 Å². The summed E-state index contributed by atoms with van der Waals surface area (Å²) in [5.74, 6) is 1.37. The molecule has 1 fully saturated rings. The summed E-state index contributed by atoms with van der Waals surface area (Å²) < 4.78 is 2.04. The number of halogens is 1. The van der Waals surface area contributed by atoms with Gasteiger partial charge in [0.05, 0.1) is 21.4 Å². The highest BCUT2D eigenvalue weighted by molar-refractivity contribution is 7.99. The monoisotopic (exact) mass is 381 g/mol. The smallest absolute Gasteiger partial charge is 0.271 e. The number of nitro groups is 1. The number of benzene rings is 1. The fourth-order valence-electron chi connectivity index (χ4n) is 2.38. The Balaban J connectivity index is 1.61. The molecular formula is C15H16ClN5O3S. The number of hydrogen-bond donors (Lipinski definition) is 1. The molecule has 0 radical (unpaired) electrons. The third kappa shape index (κ3) is 4.10. The summed E-state index contributed by atoms with van der Waals surface area (Å²) in [6.45, 7) is 2.78. The van der Waals surface area contributed by atoms with Gasteiger partial charge < -0.3 is 9.88 Å². The van der Waals surface area contributed by atoms with Crippen molar-refractivity contribution >= 4 is 40.6 Å². The van der Waals surface area contributed by atoms with Gasteiger partial charge in [0.1, 0.15) is 5.82 Å². The van der Waals surface area contributed by atoms with Crippen LogP contribution in [-0.4, -0.2) is 31.3 Å². The molecule has 2 aromatic rings. The van der Waals surface area contributed by atoms with Gasteiger partial charge in [-0.25, -0.2) is 0 Å². The highest BCUT2D eigenvalue weighted by atomic mass is 35.5. The molecule has 132 valence electrons. The van der Waals surface area contributed by atoms with E-state index in [1.165, 1.54) is 30.0 Å². The van der Waals surface area contributed by atoms with Crippen molar-refractivity contribution in [1.29, 1.82) is 0 Å². The second-order valence-electron chi connectivity index (χ2n) is 5.62. The van der Waals surface area contributed by atoms with Crippen molar-refractivity contribution < 1.29 is 9.72 Å². The number of carbonyl (C=O) groups is 1. The number of rotatable bonds is 7. The molecule has 1 saturated carbocycles. The molecule has 0 atom stereocenters. The first kappa shape index (κ1) is 17.7. The normalized spacial score (nSPS) is 13.7. The standard InChI is InChI=1S/C15H16ClN5O3S/c1-2-20-14(9-3-4-9)18-19-15(20)25-8-13(22)17-12-6-5-10(21(23)24)7-11(12)16/h5-7,9H,2-4,8H2,1H3,(H,17,22). The average molecular weight is 382 g/mol. The van der Waals surface area contributed by atoms with E-state index in [9.17, 15) is 14.9 Å². The number of anilines is 1. The van der Waals surface area contributed by atoms with Crippen molar-refractivity contribution in [2.75, 3.05) is 11.1 Å². The quantitative estimate of drug-likeness (QED) is 0.447. The number of amides is 1. The summed E-state index contributed by atoms with van der Waals surface area (Å²) in [7, 11) is 0. The van der Waals surface area contributed by atoms with Gasteiger partial charge in [0.25, 0.3) is 5.69 Å². The molecule has 10 heteroatoms. The van der Waals surface area contributed by atoms with Crippen LogP contribution in [0.15, 0.2) is 23.4 Å². The van der Waals surface area contributed by atoms with E-state index >= 15 is 0 Å². The van der Waals surface area contributed by atoms with Crippen molar-refractivity contribution in [2.24, 2.45) is 0 Å². The van der Waals surface area contributed by atoms with Crippen LogP contribution >= 0.6 is 23.4 Å². The number of non-ortho nitro benzene ring substituents is 1. The molecule has 0 aliphatic heterocycles. The van der Waals surface area contributed by atoms with Crippen molar-refractivity contribution in [2.45, 2.75) is 37.4 Å². The molecule has 1 N–H and O–H groups in total. The molecule has 1 aromatic heterocycles. The molecule has 1 amide bonds. The molecule has 0 unspecified atom stereocenters. The number of carbonyl (C=O) groups excluding carboxylic acids is 1. The first-order valence-electron chi connectivity index (χ1n) is 7.79. The predicted octanol–water partition coefficient (Wildman–Crippen LogP) is 3.47. The number of nitrogens with one attached hydrogen (secondary N) is 1. The van der Waals surface area contributed by atoms with Gasteiger partial charge in [-0.2, -0.15) is 0 Å². The average Bonchev–Trinajstić information content (AvgIpc) is 3.34. The fourth-order valence-corrected chi connectivity index (χ4v) is 3.41. The Labute approximate surface area is 153 Å². The fraction of sp³-hybridized carbons (Fsp3) is 0.400. The maximum absolute atomic E-state index is 12.1. The maximum Gasteiger partial charge on any atom is 0.271 e. The third-order valence-corrected chi connectivity index (χ3v) is 5.05. The Morgan fingerprint density at radius 3 is 2.84 bits per heavy atom. The predicted molar refractivity (Wildman–Crippen MR) is 95.1 cm³/mol. The van der Waals surface area contributed by atoms with Gasteiger partial charge in [0, 0.05) is 24.6 Å². The molecule has 25 heavy (non-hydrogen) atoms. The lowest BCUT2D eigenvalue weighted by atomic mass is 10.3. The summed E-state index contributed by atoms with van der Waals surface area (Å²) >= 11 is 7.28. The van der Waals surface area contributed by atoms with E-state index in [-0.39, 0.29) is 22.4 Å². The molecular weight excluding hydrogens is 366 g/mol. The van der Waals surface area contributed by atoms with Crippen molar-refractivity contribution in [3.63, 3.8) is 0 Å². The van der Waals surface area contributed by atoms with E-state index in [2.05, 4.69) is 15.5 Å². The summed E-state index contributed by atoms with van der Waals surface area (Å²) in [4.78, 5) is 22.3. The first-order chi connectivity index (χ1) is 12.0. The van der Waals surface area contributed by atoms with Crippen LogP contribution in [-0.2, 0) is 11.3 Å². The van der Waals surface area contributed by atoms with Crippen molar-refractivity contribution in [3.8, 4) is 0 Å². The zero-order chi connectivity index (χ0) is 18.0. The number of nitro benzene ring substituents is 1. The van der Waals surface area contributed by atoms with Crippen molar-refractivity contribution in [3.05, 3.63) is 39.2 Å². The van der Waals surface area contributed by atoms with Crippen LogP contribution in [0.2, 0.25) is 5.02 Å². The van der Waals surface area contributed by atoms with E-state index in [0.717, 1.165) is 25.2 Å². The third-order valence-electron chi connectivity index (χ3n) is 3.77. The lowest BCUT2D eigenvalue weighted by Crippen LogP contribution is -2.15. The molecule has 1 aliphatic carbocycles.